The van der Waals surface area contributed by atoms with Crippen molar-refractivity contribution in [3.63, 3.8) is 0 Å². The molecular weight excluding hydrogens is 374 g/mol. The molecule has 0 atom stereocenters. The Hall–Kier alpha value is -3.02. The molecule has 2 rings (SSSR count). The van der Waals surface area contributed by atoms with Gasteiger partial charge in [-0.3, -0.25) is 9.79 Å². The molecule has 0 aromatic heterocycles. The fourth-order valence-corrected chi connectivity index (χ4v) is 3.12. The summed E-state index contributed by atoms with van der Waals surface area (Å²) in [5.74, 6) is 0.831. The Bertz CT molecular complexity index is 828. The van der Waals surface area contributed by atoms with Crippen LogP contribution in [-0.2, 0) is 12.8 Å². The molecule has 0 saturated heterocycles. The fourth-order valence-electron chi connectivity index (χ4n) is 3.12. The number of guanidine groups is 1. The zero-order valence-corrected chi connectivity index (χ0v) is 18.9. The predicted octanol–water partition coefficient (Wildman–Crippen LogP) is 2.79. The lowest BCUT2D eigenvalue weighted by Gasteiger charge is -2.14. The normalized spacial score (nSPS) is 11.2. The van der Waals surface area contributed by atoms with Gasteiger partial charge >= 0.3 is 0 Å². The van der Waals surface area contributed by atoms with Crippen LogP contribution in [0.3, 0.4) is 0 Å². The molecule has 0 heterocycles. The minimum atomic E-state index is 0.0265. The second kappa shape index (κ2) is 11.9. The van der Waals surface area contributed by atoms with Crippen molar-refractivity contribution in [3.05, 3.63) is 65.2 Å². The Morgan fingerprint density at radius 3 is 2.23 bits per heavy atom. The lowest BCUT2D eigenvalue weighted by molar-refractivity contribution is 0.0827. The van der Waals surface area contributed by atoms with Crippen molar-refractivity contribution in [2.45, 2.75) is 19.3 Å². The fraction of sp³-hybridized carbons (Fsp3) is 0.417. The molecule has 0 radical (unpaired) electrons. The molecule has 162 valence electrons. The number of hydrogen-bond acceptors (Lipinski definition) is 3. The van der Waals surface area contributed by atoms with E-state index in [9.17, 15) is 4.79 Å². The van der Waals surface area contributed by atoms with Crippen LogP contribution in [0.15, 0.2) is 53.5 Å². The first-order valence-corrected chi connectivity index (χ1v) is 10.4. The number of aryl methyl sites for hydroxylation is 1. The van der Waals surface area contributed by atoms with E-state index in [0.717, 1.165) is 49.4 Å². The third-order valence-corrected chi connectivity index (χ3v) is 4.90. The predicted molar refractivity (Wildman–Crippen MR) is 127 cm³/mol. The maximum absolute atomic E-state index is 12.1. The van der Waals surface area contributed by atoms with Crippen LogP contribution in [0, 0.1) is 0 Å². The van der Waals surface area contributed by atoms with E-state index in [2.05, 4.69) is 58.9 Å². The number of nitrogens with zero attached hydrogens (tertiary/aromatic N) is 3. The Labute approximate surface area is 181 Å². The maximum Gasteiger partial charge on any atom is 0.253 e. The number of carbonyl (C=O) groups is 1. The summed E-state index contributed by atoms with van der Waals surface area (Å²) >= 11 is 0. The van der Waals surface area contributed by atoms with E-state index >= 15 is 0 Å². The van der Waals surface area contributed by atoms with Crippen LogP contribution in [-0.4, -0.2) is 65.1 Å². The van der Waals surface area contributed by atoms with Crippen molar-refractivity contribution in [1.29, 1.82) is 0 Å². The highest BCUT2D eigenvalue weighted by Gasteiger charge is 2.08. The van der Waals surface area contributed by atoms with Gasteiger partial charge in [-0.2, -0.15) is 0 Å². The molecule has 0 aliphatic heterocycles. The molecule has 6 nitrogen and oxygen atoms in total. The first-order valence-electron chi connectivity index (χ1n) is 10.4. The number of aliphatic imine (C=N–C) groups is 1. The number of nitrogens with one attached hydrogen (secondary N) is 2. The highest BCUT2D eigenvalue weighted by Crippen LogP contribution is 2.13. The van der Waals surface area contributed by atoms with E-state index in [4.69, 9.17) is 0 Å². The van der Waals surface area contributed by atoms with E-state index < -0.39 is 0 Å². The van der Waals surface area contributed by atoms with Crippen molar-refractivity contribution in [1.82, 2.24) is 15.5 Å². The quantitative estimate of drug-likeness (QED) is 0.380. The number of hydrogen-bond donors (Lipinski definition) is 2. The monoisotopic (exact) mass is 409 g/mol. The number of anilines is 1. The molecular formula is C24H35N5O. The Morgan fingerprint density at radius 1 is 0.900 bits per heavy atom. The van der Waals surface area contributed by atoms with Crippen LogP contribution in [0.4, 0.5) is 5.69 Å². The second-order valence-electron chi connectivity index (χ2n) is 7.74. The zero-order valence-electron chi connectivity index (χ0n) is 18.9. The molecule has 0 aliphatic carbocycles. The van der Waals surface area contributed by atoms with Gasteiger partial charge in [0, 0.05) is 59.6 Å². The topological polar surface area (TPSA) is 60.0 Å². The average molecular weight is 410 g/mol. The second-order valence-corrected chi connectivity index (χ2v) is 7.74. The van der Waals surface area contributed by atoms with E-state index in [1.165, 1.54) is 11.3 Å². The van der Waals surface area contributed by atoms with Gasteiger partial charge in [0.2, 0.25) is 0 Å². The van der Waals surface area contributed by atoms with Gasteiger partial charge in [-0.25, -0.2) is 0 Å². The third kappa shape index (κ3) is 7.43. The SMILES string of the molecule is CN=C(NCCCc1ccc(N(C)C)cc1)NCCc1cccc(C(=O)N(C)C)c1. The molecule has 0 saturated carbocycles. The van der Waals surface area contributed by atoms with Crippen LogP contribution in [0.1, 0.15) is 27.9 Å². The number of rotatable bonds is 9. The average Bonchev–Trinajstić information content (AvgIpc) is 2.75. The minimum absolute atomic E-state index is 0.0265. The first kappa shape index (κ1) is 23.3. The van der Waals surface area contributed by atoms with Gasteiger partial charge in [0.1, 0.15) is 0 Å². The van der Waals surface area contributed by atoms with Gasteiger partial charge < -0.3 is 20.4 Å². The van der Waals surface area contributed by atoms with Crippen molar-refractivity contribution < 1.29 is 4.79 Å². The van der Waals surface area contributed by atoms with Crippen LogP contribution in [0.2, 0.25) is 0 Å². The summed E-state index contributed by atoms with van der Waals surface area (Å²) in [6, 6.07) is 16.5. The largest absolute Gasteiger partial charge is 0.378 e. The van der Waals surface area contributed by atoms with Gasteiger partial charge in [-0.15, -0.1) is 0 Å². The van der Waals surface area contributed by atoms with E-state index in [0.29, 0.717) is 0 Å². The number of benzene rings is 2. The van der Waals surface area contributed by atoms with E-state index in [-0.39, 0.29) is 5.91 Å². The van der Waals surface area contributed by atoms with Crippen LogP contribution in [0.5, 0.6) is 0 Å². The molecule has 0 aliphatic rings. The molecule has 0 spiro atoms. The van der Waals surface area contributed by atoms with Crippen molar-refractivity contribution in [2.24, 2.45) is 4.99 Å². The van der Waals surface area contributed by atoms with Gasteiger partial charge in [-0.1, -0.05) is 24.3 Å². The summed E-state index contributed by atoms with van der Waals surface area (Å²) in [5, 5.41) is 6.72. The summed E-state index contributed by atoms with van der Waals surface area (Å²) in [7, 11) is 9.43. The number of carbonyl (C=O) groups excluding carboxylic acids is 1. The van der Waals surface area contributed by atoms with Gasteiger partial charge in [-0.05, 0) is 54.7 Å². The van der Waals surface area contributed by atoms with Crippen LogP contribution < -0.4 is 15.5 Å². The lowest BCUT2D eigenvalue weighted by atomic mass is 10.1. The standard InChI is InChI=1S/C24H35N5O/c1-25-24(26-16-7-9-19-11-13-22(14-12-19)28(2)3)27-17-15-20-8-6-10-21(18-20)23(30)29(4)5/h6,8,10-14,18H,7,9,15-17H2,1-5H3,(H2,25,26,27). The summed E-state index contributed by atoms with van der Waals surface area (Å²) in [5.41, 5.74) is 4.42. The van der Waals surface area contributed by atoms with E-state index in [1.54, 1.807) is 26.0 Å². The molecule has 2 aromatic carbocycles. The molecule has 0 fully saturated rings. The van der Waals surface area contributed by atoms with Crippen molar-refractivity contribution in [3.8, 4) is 0 Å². The van der Waals surface area contributed by atoms with Gasteiger partial charge in [0.25, 0.3) is 5.91 Å². The highest BCUT2D eigenvalue weighted by atomic mass is 16.2. The molecule has 1 amide bonds. The Kier molecular flexibility index (Phi) is 9.19. The minimum Gasteiger partial charge on any atom is -0.378 e. The smallest absolute Gasteiger partial charge is 0.253 e. The summed E-state index contributed by atoms with van der Waals surface area (Å²) in [6.45, 7) is 1.62. The first-order chi connectivity index (χ1) is 14.4. The third-order valence-electron chi connectivity index (χ3n) is 4.90. The maximum atomic E-state index is 12.1. The van der Waals surface area contributed by atoms with Gasteiger partial charge in [0.05, 0.1) is 0 Å². The highest BCUT2D eigenvalue weighted by molar-refractivity contribution is 5.94. The molecule has 2 aromatic rings. The molecule has 2 N–H and O–H groups in total. The van der Waals surface area contributed by atoms with Crippen molar-refractivity contribution >= 4 is 17.6 Å². The van der Waals surface area contributed by atoms with Crippen LogP contribution in [0.25, 0.3) is 0 Å². The summed E-state index contributed by atoms with van der Waals surface area (Å²) in [6.07, 6.45) is 2.90. The molecule has 6 heteroatoms. The summed E-state index contributed by atoms with van der Waals surface area (Å²) in [4.78, 5) is 20.1. The Balaban J connectivity index is 1.71. The molecule has 30 heavy (non-hydrogen) atoms. The van der Waals surface area contributed by atoms with Crippen molar-refractivity contribution in [2.75, 3.05) is 53.2 Å². The molecule has 0 bridgehead atoms. The Morgan fingerprint density at radius 2 is 1.60 bits per heavy atom. The number of amides is 1. The lowest BCUT2D eigenvalue weighted by Crippen LogP contribution is -2.38. The van der Waals surface area contributed by atoms with E-state index in [1.807, 2.05) is 24.3 Å². The zero-order chi connectivity index (χ0) is 21.9. The molecule has 0 unspecified atom stereocenters. The summed E-state index contributed by atoms with van der Waals surface area (Å²) < 4.78 is 0. The van der Waals surface area contributed by atoms with Crippen LogP contribution >= 0.6 is 0 Å². The van der Waals surface area contributed by atoms with Gasteiger partial charge in [0.15, 0.2) is 5.96 Å².